The fourth-order valence-corrected chi connectivity index (χ4v) is 2.85. The second kappa shape index (κ2) is 5.28. The smallest absolute Gasteiger partial charge is 0.257 e. The van der Waals surface area contributed by atoms with Gasteiger partial charge in [0.2, 0.25) is 0 Å². The molecule has 1 amide bonds. The standard InChI is InChI=1S/C18H16N4O/c1-21-17(20-16-10-6-5-9-15(16)18(21)23)13-11-19-22(12-13)14-7-3-2-4-8-14/h2-12,17,20H,1H3. The van der Waals surface area contributed by atoms with Crippen molar-refractivity contribution in [2.75, 3.05) is 12.4 Å². The number of carbonyl (C=O) groups excluding carboxylic acids is 1. The van der Waals surface area contributed by atoms with Gasteiger partial charge in [0.05, 0.1) is 17.4 Å². The molecule has 2 aromatic carbocycles. The van der Waals surface area contributed by atoms with Gasteiger partial charge in [-0.2, -0.15) is 5.10 Å². The Hall–Kier alpha value is -3.08. The van der Waals surface area contributed by atoms with E-state index in [4.69, 9.17) is 0 Å². The SMILES string of the molecule is CN1C(=O)c2ccccc2NC1c1cnn(-c2ccccc2)c1. The highest BCUT2D eigenvalue weighted by molar-refractivity contribution is 6.01. The van der Waals surface area contributed by atoms with Gasteiger partial charge in [0, 0.05) is 24.5 Å². The fraction of sp³-hybridized carbons (Fsp3) is 0.111. The molecule has 2 heterocycles. The zero-order valence-corrected chi connectivity index (χ0v) is 12.7. The van der Waals surface area contributed by atoms with Crippen LogP contribution in [0.25, 0.3) is 5.69 Å². The molecule has 5 nitrogen and oxygen atoms in total. The molecule has 1 aliphatic rings. The second-order valence-electron chi connectivity index (χ2n) is 5.56. The van der Waals surface area contributed by atoms with Gasteiger partial charge >= 0.3 is 0 Å². The Labute approximate surface area is 134 Å². The van der Waals surface area contributed by atoms with Gasteiger partial charge in [-0.15, -0.1) is 0 Å². The molecule has 0 saturated heterocycles. The summed E-state index contributed by atoms with van der Waals surface area (Å²) in [5.41, 5.74) is 3.48. The number of anilines is 1. The van der Waals surface area contributed by atoms with Crippen molar-refractivity contribution < 1.29 is 4.79 Å². The van der Waals surface area contributed by atoms with E-state index in [9.17, 15) is 4.79 Å². The number of nitrogens with zero attached hydrogens (tertiary/aromatic N) is 3. The largest absolute Gasteiger partial charge is 0.361 e. The number of rotatable bonds is 2. The predicted octanol–water partition coefficient (Wildman–Crippen LogP) is 3.07. The van der Waals surface area contributed by atoms with Crippen LogP contribution in [0.15, 0.2) is 67.0 Å². The molecule has 0 spiro atoms. The molecular weight excluding hydrogens is 288 g/mol. The van der Waals surface area contributed by atoms with Crippen LogP contribution in [0.1, 0.15) is 22.1 Å². The summed E-state index contributed by atoms with van der Waals surface area (Å²) in [4.78, 5) is 14.2. The highest BCUT2D eigenvalue weighted by atomic mass is 16.2. The van der Waals surface area contributed by atoms with E-state index in [2.05, 4.69) is 10.4 Å². The number of carbonyl (C=O) groups is 1. The number of fused-ring (bicyclic) bond motifs is 1. The predicted molar refractivity (Wildman–Crippen MR) is 88.5 cm³/mol. The Balaban J connectivity index is 1.69. The van der Waals surface area contributed by atoms with E-state index < -0.39 is 0 Å². The van der Waals surface area contributed by atoms with E-state index in [1.54, 1.807) is 18.1 Å². The maximum atomic E-state index is 12.5. The Bertz CT molecular complexity index is 856. The number of nitrogens with one attached hydrogen (secondary N) is 1. The van der Waals surface area contributed by atoms with E-state index >= 15 is 0 Å². The Morgan fingerprint density at radius 2 is 1.78 bits per heavy atom. The fourth-order valence-electron chi connectivity index (χ4n) is 2.85. The van der Waals surface area contributed by atoms with Gasteiger partial charge in [-0.1, -0.05) is 30.3 Å². The molecule has 1 aliphatic heterocycles. The molecule has 1 aromatic heterocycles. The maximum absolute atomic E-state index is 12.5. The van der Waals surface area contributed by atoms with Crippen LogP contribution in [0, 0.1) is 0 Å². The molecule has 23 heavy (non-hydrogen) atoms. The summed E-state index contributed by atoms with van der Waals surface area (Å²) in [7, 11) is 1.80. The molecule has 0 bridgehead atoms. The third-order valence-corrected chi connectivity index (χ3v) is 4.10. The van der Waals surface area contributed by atoms with Crippen LogP contribution >= 0.6 is 0 Å². The zero-order valence-electron chi connectivity index (χ0n) is 12.7. The van der Waals surface area contributed by atoms with E-state index in [1.165, 1.54) is 0 Å². The Kier molecular flexibility index (Phi) is 3.12. The number of hydrogen-bond donors (Lipinski definition) is 1. The molecular formula is C18H16N4O. The van der Waals surface area contributed by atoms with E-state index in [-0.39, 0.29) is 12.1 Å². The molecule has 1 unspecified atom stereocenters. The van der Waals surface area contributed by atoms with Gasteiger partial charge in [-0.25, -0.2) is 4.68 Å². The number of aromatic nitrogens is 2. The van der Waals surface area contributed by atoms with Gasteiger partial charge in [0.15, 0.2) is 0 Å². The first-order chi connectivity index (χ1) is 11.2. The van der Waals surface area contributed by atoms with Crippen molar-refractivity contribution in [1.82, 2.24) is 14.7 Å². The van der Waals surface area contributed by atoms with E-state index in [1.807, 2.05) is 65.5 Å². The minimum absolute atomic E-state index is 0.0109. The molecule has 5 heteroatoms. The zero-order chi connectivity index (χ0) is 15.8. The average molecular weight is 304 g/mol. The third-order valence-electron chi connectivity index (χ3n) is 4.10. The molecule has 3 aromatic rings. The van der Waals surface area contributed by atoms with Crippen LogP contribution in [0.4, 0.5) is 5.69 Å². The molecule has 1 N–H and O–H groups in total. The Morgan fingerprint density at radius 3 is 2.61 bits per heavy atom. The first kappa shape index (κ1) is 13.6. The van der Waals surface area contributed by atoms with Gasteiger partial charge in [0.25, 0.3) is 5.91 Å². The number of para-hydroxylation sites is 2. The average Bonchev–Trinajstić information content (AvgIpc) is 3.09. The summed E-state index contributed by atoms with van der Waals surface area (Å²) in [6, 6.07) is 17.5. The third kappa shape index (κ3) is 2.26. The molecule has 0 fully saturated rings. The molecule has 114 valence electrons. The van der Waals surface area contributed by atoms with Crippen LogP contribution in [-0.4, -0.2) is 27.6 Å². The minimum Gasteiger partial charge on any atom is -0.361 e. The number of amides is 1. The molecule has 0 saturated carbocycles. The number of benzene rings is 2. The van der Waals surface area contributed by atoms with Crippen molar-refractivity contribution in [1.29, 1.82) is 0 Å². The normalized spacial score (nSPS) is 16.8. The van der Waals surface area contributed by atoms with Crippen molar-refractivity contribution in [2.24, 2.45) is 0 Å². The molecule has 4 rings (SSSR count). The lowest BCUT2D eigenvalue weighted by molar-refractivity contribution is 0.0735. The van der Waals surface area contributed by atoms with Gasteiger partial charge in [-0.3, -0.25) is 4.79 Å². The Morgan fingerprint density at radius 1 is 1.04 bits per heavy atom. The quantitative estimate of drug-likeness (QED) is 0.791. The maximum Gasteiger partial charge on any atom is 0.257 e. The van der Waals surface area contributed by atoms with Crippen molar-refractivity contribution in [3.05, 3.63) is 78.1 Å². The minimum atomic E-state index is -0.227. The van der Waals surface area contributed by atoms with Crippen LogP contribution in [0.5, 0.6) is 0 Å². The second-order valence-corrected chi connectivity index (χ2v) is 5.56. The monoisotopic (exact) mass is 304 g/mol. The highest BCUT2D eigenvalue weighted by Gasteiger charge is 2.30. The first-order valence-corrected chi connectivity index (χ1v) is 7.47. The lowest BCUT2D eigenvalue weighted by atomic mass is 10.1. The first-order valence-electron chi connectivity index (χ1n) is 7.47. The summed E-state index contributed by atoms with van der Waals surface area (Å²) >= 11 is 0. The van der Waals surface area contributed by atoms with Crippen molar-refractivity contribution in [3.8, 4) is 5.69 Å². The lowest BCUT2D eigenvalue weighted by Crippen LogP contribution is -2.39. The van der Waals surface area contributed by atoms with Crippen LogP contribution in [0.2, 0.25) is 0 Å². The summed E-state index contributed by atoms with van der Waals surface area (Å²) < 4.78 is 1.82. The molecule has 1 atom stereocenters. The molecule has 0 radical (unpaired) electrons. The number of hydrogen-bond acceptors (Lipinski definition) is 3. The van der Waals surface area contributed by atoms with Crippen molar-refractivity contribution in [3.63, 3.8) is 0 Å². The lowest BCUT2D eigenvalue weighted by Gasteiger charge is -2.34. The van der Waals surface area contributed by atoms with E-state index in [0.717, 1.165) is 16.9 Å². The summed E-state index contributed by atoms with van der Waals surface area (Å²) in [6.45, 7) is 0. The summed E-state index contributed by atoms with van der Waals surface area (Å²) in [6.07, 6.45) is 3.52. The van der Waals surface area contributed by atoms with Crippen LogP contribution in [0.3, 0.4) is 0 Å². The van der Waals surface area contributed by atoms with Crippen LogP contribution in [-0.2, 0) is 0 Å². The van der Waals surface area contributed by atoms with Crippen LogP contribution < -0.4 is 5.32 Å². The van der Waals surface area contributed by atoms with Crippen molar-refractivity contribution >= 4 is 11.6 Å². The highest BCUT2D eigenvalue weighted by Crippen LogP contribution is 2.31. The molecule has 0 aliphatic carbocycles. The van der Waals surface area contributed by atoms with Crippen molar-refractivity contribution in [2.45, 2.75) is 6.17 Å². The van der Waals surface area contributed by atoms with E-state index in [0.29, 0.717) is 5.56 Å². The topological polar surface area (TPSA) is 50.2 Å². The van der Waals surface area contributed by atoms with Gasteiger partial charge in [0.1, 0.15) is 6.17 Å². The van der Waals surface area contributed by atoms with Gasteiger partial charge < -0.3 is 10.2 Å². The summed E-state index contributed by atoms with van der Waals surface area (Å²) in [5.74, 6) is 0.0109. The summed E-state index contributed by atoms with van der Waals surface area (Å²) in [5, 5.41) is 7.83. The van der Waals surface area contributed by atoms with Gasteiger partial charge in [-0.05, 0) is 24.3 Å².